The zero-order valence-corrected chi connectivity index (χ0v) is 10.0. The smallest absolute Gasteiger partial charge is 0.161 e. The highest BCUT2D eigenvalue weighted by Gasteiger charge is 2.10. The second-order valence-electron chi connectivity index (χ2n) is 4.11. The fourth-order valence-corrected chi connectivity index (χ4v) is 2.08. The van der Waals surface area contributed by atoms with E-state index in [0.717, 1.165) is 27.9 Å². The molecule has 0 atom stereocenters. The van der Waals surface area contributed by atoms with E-state index in [2.05, 4.69) is 19.9 Å². The number of aromatic amines is 1. The maximum Gasteiger partial charge on any atom is 0.161 e. The van der Waals surface area contributed by atoms with E-state index >= 15 is 0 Å². The predicted octanol–water partition coefficient (Wildman–Crippen LogP) is 1.79. The largest absolute Gasteiger partial charge is 0.346 e. The highest BCUT2D eigenvalue weighted by Crippen LogP contribution is 2.23. The van der Waals surface area contributed by atoms with Crippen LogP contribution in [0.3, 0.4) is 0 Å². The number of hydrogen-bond donors (Lipinski definition) is 2. The SMILES string of the molecule is Cc1nc(-c2ccncc2)nc2[nH]cc(CN)c12. The van der Waals surface area contributed by atoms with Crippen LogP contribution in [0.4, 0.5) is 0 Å². The van der Waals surface area contributed by atoms with Gasteiger partial charge >= 0.3 is 0 Å². The summed E-state index contributed by atoms with van der Waals surface area (Å²) in [6.45, 7) is 2.46. The first-order chi connectivity index (χ1) is 8.79. The number of fused-ring (bicyclic) bond motifs is 1. The van der Waals surface area contributed by atoms with Gasteiger partial charge in [-0.3, -0.25) is 4.98 Å². The molecule has 3 aromatic rings. The van der Waals surface area contributed by atoms with Crippen LogP contribution in [0.1, 0.15) is 11.3 Å². The normalized spacial score (nSPS) is 11.0. The summed E-state index contributed by atoms with van der Waals surface area (Å²) in [4.78, 5) is 16.2. The summed E-state index contributed by atoms with van der Waals surface area (Å²) in [5.74, 6) is 0.702. The average molecular weight is 239 g/mol. The molecule has 3 heterocycles. The standard InChI is InChI=1S/C13H13N5/c1-8-11-10(6-14)7-16-13(11)18-12(17-8)9-2-4-15-5-3-9/h2-5,7H,6,14H2,1H3,(H,16,17,18). The Bertz CT molecular complexity index is 687. The van der Waals surface area contributed by atoms with E-state index in [0.29, 0.717) is 12.4 Å². The topological polar surface area (TPSA) is 80.5 Å². The highest BCUT2D eigenvalue weighted by atomic mass is 15.0. The summed E-state index contributed by atoms with van der Waals surface area (Å²) in [5, 5.41) is 1.02. The number of nitrogens with zero attached hydrogens (tertiary/aromatic N) is 3. The Morgan fingerprint density at radius 1 is 1.22 bits per heavy atom. The molecule has 0 aliphatic carbocycles. The van der Waals surface area contributed by atoms with Crippen LogP contribution in [0.25, 0.3) is 22.4 Å². The molecule has 90 valence electrons. The van der Waals surface area contributed by atoms with E-state index in [1.807, 2.05) is 25.3 Å². The van der Waals surface area contributed by atoms with Gasteiger partial charge < -0.3 is 10.7 Å². The molecule has 0 saturated heterocycles. The van der Waals surface area contributed by atoms with Crippen LogP contribution in [-0.2, 0) is 6.54 Å². The molecule has 0 saturated carbocycles. The minimum absolute atomic E-state index is 0.485. The van der Waals surface area contributed by atoms with Gasteiger partial charge in [0.15, 0.2) is 5.82 Å². The van der Waals surface area contributed by atoms with Crippen LogP contribution in [0, 0.1) is 6.92 Å². The lowest BCUT2D eigenvalue weighted by Gasteiger charge is -2.03. The van der Waals surface area contributed by atoms with E-state index in [9.17, 15) is 0 Å². The average Bonchev–Trinajstić information content (AvgIpc) is 2.83. The van der Waals surface area contributed by atoms with Gasteiger partial charge in [-0.2, -0.15) is 0 Å². The third-order valence-electron chi connectivity index (χ3n) is 2.95. The van der Waals surface area contributed by atoms with Gasteiger partial charge in [-0.1, -0.05) is 0 Å². The molecule has 5 nitrogen and oxygen atoms in total. The van der Waals surface area contributed by atoms with Crippen molar-refractivity contribution < 1.29 is 0 Å². The summed E-state index contributed by atoms with van der Waals surface area (Å²) in [7, 11) is 0. The number of aromatic nitrogens is 4. The van der Waals surface area contributed by atoms with Gasteiger partial charge in [0, 0.05) is 36.1 Å². The van der Waals surface area contributed by atoms with Gasteiger partial charge in [0.1, 0.15) is 5.65 Å². The molecule has 3 N–H and O–H groups in total. The molecular formula is C13H13N5. The minimum atomic E-state index is 0.485. The molecule has 0 fully saturated rings. The molecule has 3 rings (SSSR count). The van der Waals surface area contributed by atoms with E-state index in [1.165, 1.54) is 0 Å². The number of hydrogen-bond acceptors (Lipinski definition) is 4. The number of rotatable bonds is 2. The summed E-state index contributed by atoms with van der Waals surface area (Å²) in [6.07, 6.45) is 5.36. The molecular weight excluding hydrogens is 226 g/mol. The van der Waals surface area contributed by atoms with Crippen LogP contribution in [-0.4, -0.2) is 19.9 Å². The van der Waals surface area contributed by atoms with E-state index in [-0.39, 0.29) is 0 Å². The monoisotopic (exact) mass is 239 g/mol. The van der Waals surface area contributed by atoms with Gasteiger partial charge in [0.2, 0.25) is 0 Å². The Balaban J connectivity index is 2.23. The first-order valence-corrected chi connectivity index (χ1v) is 5.74. The Kier molecular flexibility index (Phi) is 2.53. The predicted molar refractivity (Wildman–Crippen MR) is 69.7 cm³/mol. The lowest BCUT2D eigenvalue weighted by atomic mass is 10.2. The zero-order valence-electron chi connectivity index (χ0n) is 10.0. The fourth-order valence-electron chi connectivity index (χ4n) is 2.08. The van der Waals surface area contributed by atoms with Crippen LogP contribution < -0.4 is 5.73 Å². The van der Waals surface area contributed by atoms with Crippen molar-refractivity contribution in [2.24, 2.45) is 5.73 Å². The van der Waals surface area contributed by atoms with Gasteiger partial charge in [-0.05, 0) is 24.6 Å². The number of H-pyrrole nitrogens is 1. The van der Waals surface area contributed by atoms with Crippen molar-refractivity contribution in [1.82, 2.24) is 19.9 Å². The van der Waals surface area contributed by atoms with Gasteiger partial charge in [-0.25, -0.2) is 9.97 Å². The number of nitrogens with one attached hydrogen (secondary N) is 1. The molecule has 0 radical (unpaired) electrons. The first kappa shape index (κ1) is 10.9. The molecule has 0 aliphatic heterocycles. The first-order valence-electron chi connectivity index (χ1n) is 5.74. The van der Waals surface area contributed by atoms with E-state index in [1.54, 1.807) is 12.4 Å². The molecule has 0 aliphatic rings. The van der Waals surface area contributed by atoms with Crippen molar-refractivity contribution in [2.75, 3.05) is 0 Å². The Labute approximate surface area is 104 Å². The zero-order chi connectivity index (χ0) is 12.5. The van der Waals surface area contributed by atoms with Crippen LogP contribution in [0.2, 0.25) is 0 Å². The maximum atomic E-state index is 5.69. The van der Waals surface area contributed by atoms with E-state index < -0.39 is 0 Å². The van der Waals surface area contributed by atoms with Gasteiger partial charge in [0.05, 0.1) is 5.69 Å². The molecule has 0 bridgehead atoms. The molecule has 5 heteroatoms. The maximum absolute atomic E-state index is 5.69. The lowest BCUT2D eigenvalue weighted by molar-refractivity contribution is 1.08. The number of pyridine rings is 1. The van der Waals surface area contributed by atoms with E-state index in [4.69, 9.17) is 5.73 Å². The van der Waals surface area contributed by atoms with Crippen molar-refractivity contribution in [3.8, 4) is 11.4 Å². The molecule has 0 spiro atoms. The highest BCUT2D eigenvalue weighted by molar-refractivity contribution is 5.83. The third kappa shape index (κ3) is 1.65. The number of nitrogens with two attached hydrogens (primary N) is 1. The molecule has 0 aromatic carbocycles. The summed E-state index contributed by atoms with van der Waals surface area (Å²) in [5.41, 5.74) is 9.46. The fraction of sp³-hybridized carbons (Fsp3) is 0.154. The summed E-state index contributed by atoms with van der Waals surface area (Å²) in [6, 6.07) is 3.79. The number of aryl methyl sites for hydroxylation is 1. The van der Waals surface area contributed by atoms with Crippen LogP contribution >= 0.6 is 0 Å². The lowest BCUT2D eigenvalue weighted by Crippen LogP contribution is -1.98. The molecule has 3 aromatic heterocycles. The molecule has 18 heavy (non-hydrogen) atoms. The van der Waals surface area contributed by atoms with Crippen molar-refractivity contribution in [2.45, 2.75) is 13.5 Å². The second kappa shape index (κ2) is 4.19. The summed E-state index contributed by atoms with van der Waals surface area (Å²) < 4.78 is 0. The van der Waals surface area contributed by atoms with Crippen LogP contribution in [0.5, 0.6) is 0 Å². The Hall–Kier alpha value is -2.27. The Morgan fingerprint density at radius 3 is 2.72 bits per heavy atom. The van der Waals surface area contributed by atoms with Gasteiger partial charge in [-0.15, -0.1) is 0 Å². The van der Waals surface area contributed by atoms with Crippen molar-refractivity contribution >= 4 is 11.0 Å². The minimum Gasteiger partial charge on any atom is -0.346 e. The molecule has 0 unspecified atom stereocenters. The van der Waals surface area contributed by atoms with Gasteiger partial charge in [0.25, 0.3) is 0 Å². The van der Waals surface area contributed by atoms with Crippen LogP contribution in [0.15, 0.2) is 30.7 Å². The van der Waals surface area contributed by atoms with Crippen molar-refractivity contribution in [3.05, 3.63) is 42.0 Å². The van der Waals surface area contributed by atoms with Crippen molar-refractivity contribution in [3.63, 3.8) is 0 Å². The summed E-state index contributed by atoms with van der Waals surface area (Å²) >= 11 is 0. The van der Waals surface area contributed by atoms with Crippen molar-refractivity contribution in [1.29, 1.82) is 0 Å². The molecule has 0 amide bonds. The quantitative estimate of drug-likeness (QED) is 0.714. The Morgan fingerprint density at radius 2 is 2.00 bits per heavy atom. The second-order valence-corrected chi connectivity index (χ2v) is 4.11. The third-order valence-corrected chi connectivity index (χ3v) is 2.95.